The van der Waals surface area contributed by atoms with E-state index in [9.17, 15) is 9.90 Å². The molecule has 0 saturated heterocycles. The van der Waals surface area contributed by atoms with E-state index in [1.807, 2.05) is 6.92 Å². The van der Waals surface area contributed by atoms with Crippen LogP contribution in [-0.4, -0.2) is 32.4 Å². The third kappa shape index (κ3) is 1.80. The van der Waals surface area contributed by atoms with E-state index in [1.54, 1.807) is 6.07 Å². The summed E-state index contributed by atoms with van der Waals surface area (Å²) in [5.41, 5.74) is 1.52. The second-order valence-corrected chi connectivity index (χ2v) is 5.01. The summed E-state index contributed by atoms with van der Waals surface area (Å²) in [5.74, 6) is 0.243. The molecule has 116 valence electrons. The molecular weight excluding hydrogens is 288 g/mol. The third-order valence-corrected chi connectivity index (χ3v) is 3.86. The van der Waals surface area contributed by atoms with Crippen molar-refractivity contribution < 1.29 is 28.8 Å². The Morgan fingerprint density at radius 1 is 1.09 bits per heavy atom. The molecule has 1 aliphatic rings. The zero-order valence-electron chi connectivity index (χ0n) is 12.7. The van der Waals surface area contributed by atoms with Crippen molar-refractivity contribution in [3.8, 4) is 17.2 Å². The van der Waals surface area contributed by atoms with Gasteiger partial charge in [0.05, 0.1) is 19.8 Å². The van der Waals surface area contributed by atoms with Crippen LogP contribution in [0.3, 0.4) is 0 Å². The maximum atomic E-state index is 12.3. The summed E-state index contributed by atoms with van der Waals surface area (Å²) in [4.78, 5) is 12.3. The Labute approximate surface area is 127 Å². The highest BCUT2D eigenvalue weighted by Gasteiger charge is 2.35. The van der Waals surface area contributed by atoms with Crippen molar-refractivity contribution in [3.05, 3.63) is 28.8 Å². The van der Waals surface area contributed by atoms with Crippen LogP contribution in [0.5, 0.6) is 17.2 Å². The van der Waals surface area contributed by atoms with E-state index in [1.165, 1.54) is 27.4 Å². The Kier molecular flexibility index (Phi) is 3.33. The molecule has 1 N–H and O–H groups in total. The summed E-state index contributed by atoms with van der Waals surface area (Å²) < 4.78 is 21.1. The van der Waals surface area contributed by atoms with Crippen LogP contribution in [0.2, 0.25) is 0 Å². The summed E-state index contributed by atoms with van der Waals surface area (Å²) >= 11 is 0. The number of carbonyl (C=O) groups is 1. The number of phenols is 1. The maximum absolute atomic E-state index is 12.3. The molecule has 3 rings (SSSR count). The van der Waals surface area contributed by atoms with Crippen LogP contribution < -0.4 is 9.47 Å². The normalized spacial score (nSPS) is 16.5. The average molecular weight is 304 g/mol. The number of cyclic esters (lactones) is 1. The molecule has 0 amide bonds. The number of phenolic OH excluding ortho intramolecular Hbond substituents is 1. The van der Waals surface area contributed by atoms with E-state index in [2.05, 4.69) is 0 Å². The number of hydrogen-bond acceptors (Lipinski definition) is 6. The lowest BCUT2D eigenvalue weighted by Gasteiger charge is -2.27. The number of esters is 1. The standard InChI is InChI=1S/C16H16O6/c1-7-5-9(19-2)13-14-11(7)10(20-3)6-8(17)12(14)16(21-4)22-15(13)18/h5-6,16-17H,1-4H3. The van der Waals surface area contributed by atoms with Gasteiger partial charge < -0.3 is 24.1 Å². The first kappa shape index (κ1) is 14.5. The average Bonchev–Trinajstić information content (AvgIpc) is 2.51. The first-order valence-electron chi connectivity index (χ1n) is 6.68. The smallest absolute Gasteiger partial charge is 0.345 e. The monoisotopic (exact) mass is 304 g/mol. The molecular formula is C16H16O6. The number of carbonyl (C=O) groups excluding carboxylic acids is 1. The number of hydrogen-bond donors (Lipinski definition) is 1. The number of aryl methyl sites for hydroxylation is 1. The number of rotatable bonds is 3. The lowest BCUT2D eigenvalue weighted by molar-refractivity contribution is -0.0949. The molecule has 0 saturated carbocycles. The number of ether oxygens (including phenoxy) is 4. The van der Waals surface area contributed by atoms with Gasteiger partial charge >= 0.3 is 5.97 Å². The molecule has 0 radical (unpaired) electrons. The zero-order chi connectivity index (χ0) is 16.0. The first-order chi connectivity index (χ1) is 10.5. The van der Waals surface area contributed by atoms with Gasteiger partial charge in [0.1, 0.15) is 22.8 Å². The molecule has 1 unspecified atom stereocenters. The fraction of sp³-hybridized carbons (Fsp3) is 0.312. The Morgan fingerprint density at radius 3 is 2.36 bits per heavy atom. The lowest BCUT2D eigenvalue weighted by Crippen LogP contribution is -2.21. The molecule has 0 aromatic heterocycles. The van der Waals surface area contributed by atoms with Gasteiger partial charge in [0.2, 0.25) is 6.29 Å². The molecule has 1 heterocycles. The van der Waals surface area contributed by atoms with E-state index in [0.717, 1.165) is 10.9 Å². The van der Waals surface area contributed by atoms with Crippen LogP contribution in [0.1, 0.15) is 27.8 Å². The zero-order valence-corrected chi connectivity index (χ0v) is 12.7. The fourth-order valence-corrected chi connectivity index (χ4v) is 2.92. The van der Waals surface area contributed by atoms with Gasteiger partial charge in [0.25, 0.3) is 0 Å². The van der Waals surface area contributed by atoms with Gasteiger partial charge in [-0.3, -0.25) is 0 Å². The topological polar surface area (TPSA) is 74.2 Å². The summed E-state index contributed by atoms with van der Waals surface area (Å²) in [6.07, 6.45) is -0.972. The highest BCUT2D eigenvalue weighted by Crippen LogP contribution is 2.48. The Balaban J connectivity index is 2.57. The molecule has 22 heavy (non-hydrogen) atoms. The second kappa shape index (κ2) is 5.06. The quantitative estimate of drug-likeness (QED) is 0.879. The Bertz CT molecular complexity index is 780. The summed E-state index contributed by atoms with van der Waals surface area (Å²) in [5, 5.41) is 11.6. The van der Waals surface area contributed by atoms with Crippen molar-refractivity contribution >= 4 is 16.7 Å². The largest absolute Gasteiger partial charge is 0.507 e. The fourth-order valence-electron chi connectivity index (χ4n) is 2.92. The van der Waals surface area contributed by atoms with Crippen molar-refractivity contribution in [2.24, 2.45) is 0 Å². The predicted molar refractivity (Wildman–Crippen MR) is 78.6 cm³/mol. The Morgan fingerprint density at radius 2 is 1.77 bits per heavy atom. The third-order valence-electron chi connectivity index (χ3n) is 3.86. The van der Waals surface area contributed by atoms with E-state index in [0.29, 0.717) is 22.4 Å². The van der Waals surface area contributed by atoms with Crippen LogP contribution in [0, 0.1) is 6.92 Å². The minimum absolute atomic E-state index is 0.0578. The van der Waals surface area contributed by atoms with Crippen LogP contribution >= 0.6 is 0 Å². The lowest BCUT2D eigenvalue weighted by atomic mass is 9.91. The van der Waals surface area contributed by atoms with Crippen molar-refractivity contribution in [1.29, 1.82) is 0 Å². The van der Waals surface area contributed by atoms with Crippen LogP contribution in [0.25, 0.3) is 10.8 Å². The highest BCUT2D eigenvalue weighted by molar-refractivity contribution is 6.13. The van der Waals surface area contributed by atoms with E-state index in [-0.39, 0.29) is 11.3 Å². The van der Waals surface area contributed by atoms with Crippen LogP contribution in [0.4, 0.5) is 0 Å². The van der Waals surface area contributed by atoms with Gasteiger partial charge in [-0.2, -0.15) is 0 Å². The van der Waals surface area contributed by atoms with Crippen LogP contribution in [0.15, 0.2) is 12.1 Å². The van der Waals surface area contributed by atoms with Crippen molar-refractivity contribution in [3.63, 3.8) is 0 Å². The Hall–Kier alpha value is -2.47. The molecule has 6 nitrogen and oxygen atoms in total. The van der Waals surface area contributed by atoms with E-state index < -0.39 is 12.3 Å². The van der Waals surface area contributed by atoms with Gasteiger partial charge in [0, 0.05) is 23.9 Å². The van der Waals surface area contributed by atoms with Gasteiger partial charge in [-0.25, -0.2) is 4.79 Å². The predicted octanol–water partition coefficient (Wildman–Crippen LogP) is 2.69. The van der Waals surface area contributed by atoms with Crippen molar-refractivity contribution in [2.45, 2.75) is 13.2 Å². The molecule has 0 aliphatic carbocycles. The number of methoxy groups -OCH3 is 3. The van der Waals surface area contributed by atoms with Gasteiger partial charge in [-0.05, 0) is 18.6 Å². The summed E-state index contributed by atoms with van der Waals surface area (Å²) in [7, 11) is 4.40. The summed E-state index contributed by atoms with van der Waals surface area (Å²) in [6.45, 7) is 1.88. The van der Waals surface area contributed by atoms with Crippen molar-refractivity contribution in [1.82, 2.24) is 0 Å². The first-order valence-corrected chi connectivity index (χ1v) is 6.68. The van der Waals surface area contributed by atoms with Crippen LogP contribution in [-0.2, 0) is 9.47 Å². The maximum Gasteiger partial charge on any atom is 0.345 e. The van der Waals surface area contributed by atoms with Gasteiger partial charge in [-0.15, -0.1) is 0 Å². The minimum atomic E-state index is -0.972. The SMILES string of the molecule is COc1cc(C)c2c(OC)cc(O)c3c2c1C(=O)OC3OC. The number of aromatic hydroxyl groups is 1. The molecule has 0 spiro atoms. The van der Waals surface area contributed by atoms with Gasteiger partial charge in [-0.1, -0.05) is 0 Å². The van der Waals surface area contributed by atoms with Gasteiger partial charge in [0.15, 0.2) is 0 Å². The molecule has 0 bridgehead atoms. The molecule has 6 heteroatoms. The molecule has 2 aromatic rings. The van der Waals surface area contributed by atoms with E-state index in [4.69, 9.17) is 18.9 Å². The van der Waals surface area contributed by atoms with Crippen molar-refractivity contribution in [2.75, 3.05) is 21.3 Å². The van der Waals surface area contributed by atoms with E-state index >= 15 is 0 Å². The highest BCUT2D eigenvalue weighted by atomic mass is 16.7. The molecule has 1 aliphatic heterocycles. The summed E-state index contributed by atoms with van der Waals surface area (Å²) in [6, 6.07) is 3.24. The number of benzene rings is 2. The second-order valence-electron chi connectivity index (χ2n) is 5.01. The molecule has 1 atom stereocenters. The molecule has 0 fully saturated rings. The molecule has 2 aromatic carbocycles. The minimum Gasteiger partial charge on any atom is -0.507 e.